The normalized spacial score (nSPS) is 10.4. The Morgan fingerprint density at radius 1 is 1.38 bits per heavy atom. The molecule has 0 saturated carbocycles. The second-order valence-electron chi connectivity index (χ2n) is 4.92. The van der Waals surface area contributed by atoms with Crippen LogP contribution in [0.1, 0.15) is 19.7 Å². The summed E-state index contributed by atoms with van der Waals surface area (Å²) in [4.78, 5) is 12.2. The number of nitrogens with one attached hydrogen (secondary N) is 1. The van der Waals surface area contributed by atoms with Gasteiger partial charge in [0, 0.05) is 13.0 Å². The Labute approximate surface area is 146 Å². The van der Waals surface area contributed by atoms with Crippen molar-refractivity contribution in [2.75, 3.05) is 17.7 Å². The number of para-hydroxylation sites is 2. The molecule has 128 valence electrons. The molecule has 7 heteroatoms. The summed E-state index contributed by atoms with van der Waals surface area (Å²) in [5.74, 6) is 1.69. The van der Waals surface area contributed by atoms with Crippen molar-refractivity contribution in [3.8, 4) is 5.75 Å². The first-order chi connectivity index (χ1) is 11.7. The van der Waals surface area contributed by atoms with E-state index in [2.05, 4.69) is 22.1 Å². The molecule has 0 aliphatic heterocycles. The molecule has 0 saturated heterocycles. The van der Waals surface area contributed by atoms with Crippen molar-refractivity contribution in [3.63, 3.8) is 0 Å². The van der Waals surface area contributed by atoms with Gasteiger partial charge in [-0.15, -0.1) is 16.8 Å². The Hall–Kier alpha value is -2.28. The highest BCUT2D eigenvalue weighted by Gasteiger charge is 2.13. The highest BCUT2D eigenvalue weighted by Crippen LogP contribution is 2.24. The van der Waals surface area contributed by atoms with Crippen LogP contribution in [0.4, 0.5) is 5.69 Å². The van der Waals surface area contributed by atoms with E-state index >= 15 is 0 Å². The molecular weight excluding hydrogens is 324 g/mol. The van der Waals surface area contributed by atoms with E-state index in [1.165, 1.54) is 11.8 Å². The van der Waals surface area contributed by atoms with Crippen LogP contribution < -0.4 is 10.1 Å². The lowest BCUT2D eigenvalue weighted by atomic mass is 10.3. The minimum atomic E-state index is -0.113. The van der Waals surface area contributed by atoms with Gasteiger partial charge in [-0.3, -0.25) is 4.79 Å². The molecule has 0 atom stereocenters. The summed E-state index contributed by atoms with van der Waals surface area (Å²) in [6, 6.07) is 7.39. The first-order valence-electron chi connectivity index (χ1n) is 7.87. The van der Waals surface area contributed by atoms with Crippen LogP contribution in [0.5, 0.6) is 5.75 Å². The van der Waals surface area contributed by atoms with Crippen molar-refractivity contribution < 1.29 is 9.53 Å². The number of rotatable bonds is 9. The number of hydrogen-bond acceptors (Lipinski definition) is 5. The lowest BCUT2D eigenvalue weighted by Gasteiger charge is -2.11. The number of thioether (sulfide) groups is 1. The number of nitrogens with zero attached hydrogens (tertiary/aromatic N) is 3. The predicted octanol–water partition coefficient (Wildman–Crippen LogP) is 3.16. The minimum absolute atomic E-state index is 0.113. The Kier molecular flexibility index (Phi) is 6.87. The Balaban J connectivity index is 1.99. The summed E-state index contributed by atoms with van der Waals surface area (Å²) >= 11 is 1.36. The summed E-state index contributed by atoms with van der Waals surface area (Å²) in [6.07, 6.45) is 2.58. The molecule has 2 aromatic rings. The lowest BCUT2D eigenvalue weighted by molar-refractivity contribution is -0.113. The molecular formula is C17H22N4O2S. The van der Waals surface area contributed by atoms with E-state index < -0.39 is 0 Å². The summed E-state index contributed by atoms with van der Waals surface area (Å²) in [5.41, 5.74) is 0.673. The van der Waals surface area contributed by atoms with Crippen molar-refractivity contribution in [1.82, 2.24) is 14.8 Å². The van der Waals surface area contributed by atoms with Gasteiger partial charge >= 0.3 is 0 Å². The van der Waals surface area contributed by atoms with Crippen molar-refractivity contribution in [1.29, 1.82) is 0 Å². The van der Waals surface area contributed by atoms with Gasteiger partial charge in [0.2, 0.25) is 5.91 Å². The van der Waals surface area contributed by atoms with Gasteiger partial charge in [-0.05, 0) is 19.1 Å². The fourth-order valence-corrected chi connectivity index (χ4v) is 2.93. The molecule has 6 nitrogen and oxygen atoms in total. The van der Waals surface area contributed by atoms with E-state index in [4.69, 9.17) is 4.74 Å². The van der Waals surface area contributed by atoms with Gasteiger partial charge in [-0.1, -0.05) is 36.9 Å². The zero-order valence-corrected chi connectivity index (χ0v) is 14.8. The molecule has 0 bridgehead atoms. The fraction of sp³-hybridized carbons (Fsp3) is 0.353. The molecule has 0 aliphatic rings. The number of allylic oxidation sites excluding steroid dienone is 1. The van der Waals surface area contributed by atoms with Crippen LogP contribution in [0, 0.1) is 0 Å². The average molecular weight is 346 g/mol. The molecule has 0 spiro atoms. The van der Waals surface area contributed by atoms with Crippen molar-refractivity contribution >= 4 is 23.4 Å². The first kappa shape index (κ1) is 18.1. The van der Waals surface area contributed by atoms with Crippen molar-refractivity contribution in [3.05, 3.63) is 42.7 Å². The summed E-state index contributed by atoms with van der Waals surface area (Å²) in [7, 11) is 0. The third kappa shape index (κ3) is 4.61. The van der Waals surface area contributed by atoms with Gasteiger partial charge < -0.3 is 14.6 Å². The third-order valence-electron chi connectivity index (χ3n) is 3.21. The Bertz CT molecular complexity index is 700. The lowest BCUT2D eigenvalue weighted by Crippen LogP contribution is -2.15. The van der Waals surface area contributed by atoms with E-state index in [-0.39, 0.29) is 11.7 Å². The van der Waals surface area contributed by atoms with Crippen LogP contribution >= 0.6 is 11.8 Å². The van der Waals surface area contributed by atoms with Gasteiger partial charge in [0.05, 0.1) is 18.0 Å². The van der Waals surface area contributed by atoms with Crippen LogP contribution in [0.15, 0.2) is 42.1 Å². The van der Waals surface area contributed by atoms with E-state index in [0.717, 1.165) is 17.4 Å². The zero-order chi connectivity index (χ0) is 17.4. The van der Waals surface area contributed by atoms with Crippen LogP contribution in [-0.4, -0.2) is 33.0 Å². The molecule has 1 N–H and O–H groups in total. The summed E-state index contributed by atoms with van der Waals surface area (Å²) in [5, 5.41) is 11.9. The SMILES string of the molecule is C=CCn1c(CC)nnc1SCC(=O)Nc1ccccc1OCC. The Morgan fingerprint density at radius 2 is 2.17 bits per heavy atom. The van der Waals surface area contributed by atoms with E-state index in [0.29, 0.717) is 24.6 Å². The summed E-state index contributed by atoms with van der Waals surface area (Å²) in [6.45, 7) is 8.86. The van der Waals surface area contributed by atoms with Gasteiger partial charge in [0.25, 0.3) is 0 Å². The average Bonchev–Trinajstić information content (AvgIpc) is 2.97. The van der Waals surface area contributed by atoms with Gasteiger partial charge in [-0.25, -0.2) is 0 Å². The van der Waals surface area contributed by atoms with Crippen LogP contribution in [0.25, 0.3) is 0 Å². The van der Waals surface area contributed by atoms with Gasteiger partial charge in [0.1, 0.15) is 11.6 Å². The highest BCUT2D eigenvalue weighted by atomic mass is 32.2. The molecule has 0 unspecified atom stereocenters. The number of ether oxygens (including phenoxy) is 1. The third-order valence-corrected chi connectivity index (χ3v) is 4.18. The number of hydrogen-bond donors (Lipinski definition) is 1. The number of carbonyl (C=O) groups is 1. The van der Waals surface area contributed by atoms with Crippen LogP contribution in [-0.2, 0) is 17.8 Å². The number of aryl methyl sites for hydroxylation is 1. The van der Waals surface area contributed by atoms with Crippen molar-refractivity contribution in [2.24, 2.45) is 0 Å². The quantitative estimate of drug-likeness (QED) is 0.558. The number of anilines is 1. The largest absolute Gasteiger partial charge is 0.492 e. The van der Waals surface area contributed by atoms with Crippen LogP contribution in [0.3, 0.4) is 0 Å². The molecule has 24 heavy (non-hydrogen) atoms. The first-order valence-corrected chi connectivity index (χ1v) is 8.85. The molecule has 0 fully saturated rings. The van der Waals surface area contributed by atoms with Crippen molar-refractivity contribution in [2.45, 2.75) is 32.0 Å². The van der Waals surface area contributed by atoms with Gasteiger partial charge in [-0.2, -0.15) is 0 Å². The van der Waals surface area contributed by atoms with Crippen LogP contribution in [0.2, 0.25) is 0 Å². The standard InChI is InChI=1S/C17H22N4O2S/c1-4-11-21-15(5-2)19-20-17(21)24-12-16(22)18-13-9-7-8-10-14(13)23-6-3/h4,7-10H,1,5-6,11-12H2,2-3H3,(H,18,22). The molecule has 0 radical (unpaired) electrons. The molecule has 1 heterocycles. The smallest absolute Gasteiger partial charge is 0.234 e. The molecule has 2 rings (SSSR count). The topological polar surface area (TPSA) is 69.0 Å². The maximum absolute atomic E-state index is 12.2. The maximum atomic E-state index is 12.2. The number of benzene rings is 1. The summed E-state index contributed by atoms with van der Waals surface area (Å²) < 4.78 is 7.48. The monoisotopic (exact) mass is 346 g/mol. The van der Waals surface area contributed by atoms with E-state index in [1.807, 2.05) is 42.7 Å². The van der Waals surface area contributed by atoms with Gasteiger partial charge in [0.15, 0.2) is 5.16 Å². The molecule has 1 amide bonds. The molecule has 0 aliphatic carbocycles. The minimum Gasteiger partial charge on any atom is -0.492 e. The number of amides is 1. The molecule has 1 aromatic heterocycles. The second kappa shape index (κ2) is 9.12. The fourth-order valence-electron chi connectivity index (χ4n) is 2.17. The molecule has 1 aromatic carbocycles. The zero-order valence-electron chi connectivity index (χ0n) is 14.0. The number of carbonyl (C=O) groups excluding carboxylic acids is 1. The van der Waals surface area contributed by atoms with E-state index in [1.54, 1.807) is 6.08 Å². The maximum Gasteiger partial charge on any atom is 0.234 e. The highest BCUT2D eigenvalue weighted by molar-refractivity contribution is 7.99. The Morgan fingerprint density at radius 3 is 2.88 bits per heavy atom. The number of aromatic nitrogens is 3. The van der Waals surface area contributed by atoms with E-state index in [9.17, 15) is 4.79 Å². The second-order valence-corrected chi connectivity index (χ2v) is 5.86. The predicted molar refractivity (Wildman–Crippen MR) is 96.6 cm³/mol.